The second-order valence-electron chi connectivity index (χ2n) is 8.11. The van der Waals surface area contributed by atoms with Crippen LogP contribution >= 0.6 is 11.6 Å². The van der Waals surface area contributed by atoms with Crippen LogP contribution in [0, 0.1) is 6.92 Å². The van der Waals surface area contributed by atoms with Crippen molar-refractivity contribution in [2.24, 2.45) is 0 Å². The summed E-state index contributed by atoms with van der Waals surface area (Å²) in [6.45, 7) is 5.43. The van der Waals surface area contributed by atoms with Gasteiger partial charge < -0.3 is 19.6 Å². The molecule has 1 aliphatic rings. The van der Waals surface area contributed by atoms with Gasteiger partial charge in [0.25, 0.3) is 11.7 Å². The summed E-state index contributed by atoms with van der Waals surface area (Å²) < 4.78 is 5.52. The smallest absolute Gasteiger partial charge is 0.295 e. The van der Waals surface area contributed by atoms with Gasteiger partial charge in [-0.2, -0.15) is 0 Å². The zero-order valence-corrected chi connectivity index (χ0v) is 19.6. The number of Topliss-reactive ketones (excluding diaryl/α,β-unsaturated/α-hetero) is 1. The number of aryl methyl sites for hydroxylation is 1. The number of halogens is 1. The Hall–Kier alpha value is -2.83. The van der Waals surface area contributed by atoms with E-state index in [4.69, 9.17) is 16.3 Å². The molecule has 0 spiro atoms. The Morgan fingerprint density at radius 3 is 2.44 bits per heavy atom. The van der Waals surface area contributed by atoms with E-state index in [-0.39, 0.29) is 11.3 Å². The molecule has 0 bridgehead atoms. The van der Waals surface area contributed by atoms with Gasteiger partial charge in [-0.25, -0.2) is 0 Å². The monoisotopic (exact) mass is 456 g/mol. The van der Waals surface area contributed by atoms with Crippen molar-refractivity contribution >= 4 is 29.1 Å². The third kappa shape index (κ3) is 4.97. The third-order valence-corrected chi connectivity index (χ3v) is 5.75. The number of aliphatic hydroxyl groups is 1. The molecule has 1 saturated heterocycles. The average Bonchev–Trinajstić information content (AvgIpc) is 2.99. The molecular formula is C25H29ClN2O4. The maximum absolute atomic E-state index is 13.1. The maximum atomic E-state index is 13.1. The number of nitrogens with zero attached hydrogens (tertiary/aromatic N) is 2. The van der Waals surface area contributed by atoms with Crippen LogP contribution in [0.1, 0.15) is 36.1 Å². The third-order valence-electron chi connectivity index (χ3n) is 5.49. The minimum Gasteiger partial charge on any atom is -0.507 e. The first-order valence-electron chi connectivity index (χ1n) is 10.7. The van der Waals surface area contributed by atoms with E-state index in [1.807, 2.05) is 38.9 Å². The molecule has 7 heteroatoms. The van der Waals surface area contributed by atoms with E-state index >= 15 is 0 Å². The summed E-state index contributed by atoms with van der Waals surface area (Å²) in [5.41, 5.74) is 2.07. The van der Waals surface area contributed by atoms with Gasteiger partial charge in [0.2, 0.25) is 0 Å². The number of amides is 1. The fraction of sp³-hybridized carbons (Fsp3) is 0.360. The largest absolute Gasteiger partial charge is 0.507 e. The number of benzene rings is 2. The van der Waals surface area contributed by atoms with Gasteiger partial charge in [0.15, 0.2) is 0 Å². The number of carbonyl (C=O) groups excluding carboxylic acids is 2. The molecule has 1 heterocycles. The highest BCUT2D eigenvalue weighted by Gasteiger charge is 2.45. The second-order valence-corrected chi connectivity index (χ2v) is 8.55. The predicted octanol–water partition coefficient (Wildman–Crippen LogP) is 4.42. The lowest BCUT2D eigenvalue weighted by atomic mass is 9.94. The van der Waals surface area contributed by atoms with Crippen molar-refractivity contribution in [1.82, 2.24) is 9.80 Å². The fourth-order valence-corrected chi connectivity index (χ4v) is 4.09. The normalized spacial score (nSPS) is 17.9. The van der Waals surface area contributed by atoms with Crippen LogP contribution in [0.3, 0.4) is 0 Å². The van der Waals surface area contributed by atoms with Crippen molar-refractivity contribution in [2.75, 3.05) is 33.8 Å². The van der Waals surface area contributed by atoms with Gasteiger partial charge in [0.1, 0.15) is 11.5 Å². The molecule has 0 radical (unpaired) electrons. The minimum absolute atomic E-state index is 0.0921. The molecule has 0 saturated carbocycles. The Kier molecular flexibility index (Phi) is 7.59. The Bertz CT molecular complexity index is 1030. The van der Waals surface area contributed by atoms with E-state index in [0.717, 1.165) is 17.7 Å². The first-order valence-corrected chi connectivity index (χ1v) is 11.0. The Balaban J connectivity index is 2.09. The maximum Gasteiger partial charge on any atom is 0.295 e. The lowest BCUT2D eigenvalue weighted by Gasteiger charge is -2.26. The Labute approximate surface area is 194 Å². The molecule has 2 aromatic carbocycles. The number of rotatable bonds is 8. The SMILES string of the molecule is CCOc1ccc(C(O)=C2C(=O)C(=O)N(CCCN(C)C)[C@H]2c2ccc(Cl)cc2)c(C)c1. The molecule has 170 valence electrons. The topological polar surface area (TPSA) is 70.1 Å². The van der Waals surface area contributed by atoms with Crippen LogP contribution in [0.5, 0.6) is 5.75 Å². The van der Waals surface area contributed by atoms with Crippen LogP contribution in [-0.4, -0.2) is 60.4 Å². The molecule has 1 atom stereocenters. The van der Waals surface area contributed by atoms with Crippen molar-refractivity contribution in [1.29, 1.82) is 0 Å². The number of hydrogen-bond acceptors (Lipinski definition) is 5. The first kappa shape index (κ1) is 23.8. The quantitative estimate of drug-likeness (QED) is 0.361. The van der Waals surface area contributed by atoms with Crippen molar-refractivity contribution in [3.05, 3.63) is 69.8 Å². The lowest BCUT2D eigenvalue weighted by Crippen LogP contribution is -2.32. The molecule has 3 rings (SSSR count). The number of carbonyl (C=O) groups is 2. The Morgan fingerprint density at radius 1 is 1.16 bits per heavy atom. The number of hydrogen-bond donors (Lipinski definition) is 1. The average molecular weight is 457 g/mol. The van der Waals surface area contributed by atoms with E-state index in [9.17, 15) is 14.7 Å². The molecule has 32 heavy (non-hydrogen) atoms. The van der Waals surface area contributed by atoms with E-state index in [2.05, 4.69) is 0 Å². The highest BCUT2D eigenvalue weighted by molar-refractivity contribution is 6.46. The number of aliphatic hydroxyl groups excluding tert-OH is 1. The van der Waals surface area contributed by atoms with E-state index < -0.39 is 17.7 Å². The van der Waals surface area contributed by atoms with Crippen LogP contribution in [0.4, 0.5) is 0 Å². The van der Waals surface area contributed by atoms with Gasteiger partial charge in [-0.3, -0.25) is 9.59 Å². The van der Waals surface area contributed by atoms with Gasteiger partial charge in [0.05, 0.1) is 18.2 Å². The van der Waals surface area contributed by atoms with Crippen molar-refractivity contribution in [3.63, 3.8) is 0 Å². The summed E-state index contributed by atoms with van der Waals surface area (Å²) in [5, 5.41) is 11.8. The molecule has 2 aromatic rings. The molecule has 0 aromatic heterocycles. The van der Waals surface area contributed by atoms with E-state index in [0.29, 0.717) is 35.9 Å². The van der Waals surface area contributed by atoms with Crippen LogP contribution in [0.2, 0.25) is 5.02 Å². The molecule has 1 aliphatic heterocycles. The van der Waals surface area contributed by atoms with Gasteiger partial charge in [0, 0.05) is 17.1 Å². The molecular weight excluding hydrogens is 428 g/mol. The summed E-state index contributed by atoms with van der Waals surface area (Å²) in [7, 11) is 3.92. The summed E-state index contributed by atoms with van der Waals surface area (Å²) in [6.07, 6.45) is 0.701. The lowest BCUT2D eigenvalue weighted by molar-refractivity contribution is -0.139. The van der Waals surface area contributed by atoms with Gasteiger partial charge in [-0.15, -0.1) is 0 Å². The van der Waals surface area contributed by atoms with E-state index in [1.165, 1.54) is 0 Å². The molecule has 0 unspecified atom stereocenters. The molecule has 1 amide bonds. The molecule has 0 aliphatic carbocycles. The fourth-order valence-electron chi connectivity index (χ4n) is 3.96. The predicted molar refractivity (Wildman–Crippen MR) is 126 cm³/mol. The summed E-state index contributed by atoms with van der Waals surface area (Å²) in [6, 6.07) is 11.6. The van der Waals surface area contributed by atoms with Crippen molar-refractivity contribution in [2.45, 2.75) is 26.3 Å². The molecule has 6 nitrogen and oxygen atoms in total. The van der Waals surface area contributed by atoms with Crippen LogP contribution in [0.15, 0.2) is 48.0 Å². The molecule has 1 fully saturated rings. The first-order chi connectivity index (χ1) is 15.2. The zero-order chi connectivity index (χ0) is 23.4. The Morgan fingerprint density at radius 2 is 1.84 bits per heavy atom. The van der Waals surface area contributed by atoms with Crippen molar-refractivity contribution in [3.8, 4) is 5.75 Å². The van der Waals surface area contributed by atoms with Gasteiger partial charge >= 0.3 is 0 Å². The number of ether oxygens (including phenoxy) is 1. The number of likely N-dealkylation sites (tertiary alicyclic amines) is 1. The van der Waals surface area contributed by atoms with Crippen LogP contribution in [0.25, 0.3) is 5.76 Å². The van der Waals surface area contributed by atoms with Crippen molar-refractivity contribution < 1.29 is 19.4 Å². The highest BCUT2D eigenvalue weighted by Crippen LogP contribution is 2.40. The zero-order valence-electron chi connectivity index (χ0n) is 18.9. The van der Waals surface area contributed by atoms with Gasteiger partial charge in [-0.05, 0) is 82.4 Å². The molecule has 1 N–H and O–H groups in total. The summed E-state index contributed by atoms with van der Waals surface area (Å²) >= 11 is 6.06. The van der Waals surface area contributed by atoms with Crippen LogP contribution in [-0.2, 0) is 9.59 Å². The highest BCUT2D eigenvalue weighted by atomic mass is 35.5. The van der Waals surface area contributed by atoms with E-state index in [1.54, 1.807) is 41.3 Å². The summed E-state index contributed by atoms with van der Waals surface area (Å²) in [5.74, 6) is -0.784. The summed E-state index contributed by atoms with van der Waals surface area (Å²) in [4.78, 5) is 29.6. The minimum atomic E-state index is -0.680. The standard InChI is InChI=1S/C25H29ClN2O4/c1-5-32-19-11-12-20(16(2)15-19)23(29)21-22(17-7-9-18(26)10-8-17)28(25(31)24(21)30)14-6-13-27(3)4/h7-12,15,22,29H,5-6,13-14H2,1-4H3/t22-/m0/s1. The number of ketones is 1. The van der Waals surface area contributed by atoms with Gasteiger partial charge in [-0.1, -0.05) is 23.7 Å². The second kappa shape index (κ2) is 10.2. The van der Waals surface area contributed by atoms with Crippen LogP contribution < -0.4 is 4.74 Å².